The van der Waals surface area contributed by atoms with Gasteiger partial charge in [0.1, 0.15) is 0 Å². The van der Waals surface area contributed by atoms with Gasteiger partial charge in [-0.2, -0.15) is 0 Å². The summed E-state index contributed by atoms with van der Waals surface area (Å²) in [7, 11) is 0. The second-order valence-electron chi connectivity index (χ2n) is 5.05. The summed E-state index contributed by atoms with van der Waals surface area (Å²) in [4.78, 5) is 11.5. The minimum Gasteiger partial charge on any atom is -0.463 e. The molecule has 100 valence electrons. The molecule has 0 aromatic heterocycles. The van der Waals surface area contributed by atoms with E-state index < -0.39 is 17.7 Å². The number of esters is 1. The Bertz CT molecular complexity index is 374. The molecular weight excluding hydrogens is 232 g/mol. The predicted molar refractivity (Wildman–Crippen MR) is 66.7 cm³/mol. The van der Waals surface area contributed by atoms with E-state index in [1.807, 2.05) is 18.2 Å². The third-order valence-corrected chi connectivity index (χ3v) is 3.87. The molecule has 0 unspecified atom stereocenters. The van der Waals surface area contributed by atoms with E-state index in [1.165, 1.54) is 0 Å². The highest BCUT2D eigenvalue weighted by atomic mass is 16.6. The van der Waals surface area contributed by atoms with Gasteiger partial charge in [0.25, 0.3) is 0 Å². The van der Waals surface area contributed by atoms with Crippen LogP contribution in [0.2, 0.25) is 0 Å². The minimum atomic E-state index is -1.69. The van der Waals surface area contributed by atoms with Gasteiger partial charge in [-0.15, -0.1) is 0 Å². The third-order valence-electron chi connectivity index (χ3n) is 3.87. The first-order valence-electron chi connectivity index (χ1n) is 6.51. The van der Waals surface area contributed by atoms with Crippen LogP contribution >= 0.6 is 0 Å². The third kappa shape index (κ3) is 2.10. The van der Waals surface area contributed by atoms with Crippen LogP contribution in [0.15, 0.2) is 24.3 Å². The van der Waals surface area contributed by atoms with E-state index in [0.717, 1.165) is 12.8 Å². The highest BCUT2D eigenvalue weighted by molar-refractivity contribution is 5.83. The monoisotopic (exact) mass is 252 g/mol. The molecule has 18 heavy (non-hydrogen) atoms. The Labute approximate surface area is 107 Å². The number of unbranched alkanes of at least 4 members (excludes halogenated alkanes) is 1. The number of aliphatic hydroxyl groups excluding tert-OH is 1. The van der Waals surface area contributed by atoms with Crippen LogP contribution in [0.1, 0.15) is 26.2 Å². The van der Waals surface area contributed by atoms with Crippen LogP contribution in [0.5, 0.6) is 0 Å². The molecule has 0 aromatic carbocycles. The van der Waals surface area contributed by atoms with E-state index in [1.54, 1.807) is 0 Å². The van der Waals surface area contributed by atoms with Crippen molar-refractivity contribution in [3.8, 4) is 0 Å². The fourth-order valence-electron chi connectivity index (χ4n) is 2.76. The maximum atomic E-state index is 11.5. The zero-order valence-corrected chi connectivity index (χ0v) is 10.6. The van der Waals surface area contributed by atoms with Crippen LogP contribution in [-0.2, 0) is 9.53 Å². The van der Waals surface area contributed by atoms with Crippen molar-refractivity contribution in [2.45, 2.75) is 37.9 Å². The number of ether oxygens (including phenoxy) is 1. The molecule has 1 aliphatic carbocycles. The Morgan fingerprint density at radius 3 is 3.00 bits per heavy atom. The second-order valence-corrected chi connectivity index (χ2v) is 5.05. The topological polar surface area (TPSA) is 66.8 Å². The number of carbonyl (C=O) groups is 1. The first kappa shape index (κ1) is 13.3. The van der Waals surface area contributed by atoms with Gasteiger partial charge in [-0.25, -0.2) is 4.79 Å². The van der Waals surface area contributed by atoms with Gasteiger partial charge in [0.05, 0.1) is 12.7 Å². The highest BCUT2D eigenvalue weighted by Crippen LogP contribution is 2.45. The molecule has 2 aliphatic rings. The highest BCUT2D eigenvalue weighted by Gasteiger charge is 2.63. The molecule has 0 amide bonds. The molecule has 4 atom stereocenters. The SMILES string of the molecule is CCC/C=C/C=C/[C@H]1C[C@@H](O)[C@@]2(O)C(=O)OC[C@H]12. The average Bonchev–Trinajstić information content (AvgIpc) is 2.77. The van der Waals surface area contributed by atoms with Gasteiger partial charge in [-0.3, -0.25) is 0 Å². The van der Waals surface area contributed by atoms with Crippen LogP contribution in [0.3, 0.4) is 0 Å². The van der Waals surface area contributed by atoms with E-state index >= 15 is 0 Å². The number of carbonyl (C=O) groups excluding carboxylic acids is 1. The van der Waals surface area contributed by atoms with E-state index in [4.69, 9.17) is 4.74 Å². The fourth-order valence-corrected chi connectivity index (χ4v) is 2.76. The van der Waals surface area contributed by atoms with Gasteiger partial charge in [-0.05, 0) is 18.8 Å². The van der Waals surface area contributed by atoms with Gasteiger partial charge in [-0.1, -0.05) is 37.6 Å². The fraction of sp³-hybridized carbons (Fsp3) is 0.643. The summed E-state index contributed by atoms with van der Waals surface area (Å²) >= 11 is 0. The Balaban J connectivity index is 2.02. The molecule has 0 aromatic rings. The van der Waals surface area contributed by atoms with Gasteiger partial charge in [0.15, 0.2) is 5.60 Å². The molecule has 1 saturated carbocycles. The molecular formula is C14H20O4. The number of aliphatic hydroxyl groups is 2. The summed E-state index contributed by atoms with van der Waals surface area (Å²) in [6.07, 6.45) is 9.43. The number of rotatable bonds is 4. The lowest BCUT2D eigenvalue weighted by molar-refractivity contribution is -0.162. The van der Waals surface area contributed by atoms with Crippen molar-refractivity contribution in [1.82, 2.24) is 0 Å². The van der Waals surface area contributed by atoms with Gasteiger partial charge in [0, 0.05) is 5.92 Å². The average molecular weight is 252 g/mol. The zero-order chi connectivity index (χ0) is 13.2. The van der Waals surface area contributed by atoms with Crippen LogP contribution in [-0.4, -0.2) is 34.5 Å². The number of hydrogen-bond acceptors (Lipinski definition) is 4. The van der Waals surface area contributed by atoms with Crippen molar-refractivity contribution in [2.75, 3.05) is 6.61 Å². The van der Waals surface area contributed by atoms with Crippen molar-refractivity contribution in [3.05, 3.63) is 24.3 Å². The summed E-state index contributed by atoms with van der Waals surface area (Å²) in [5.41, 5.74) is -1.69. The summed E-state index contributed by atoms with van der Waals surface area (Å²) in [6, 6.07) is 0. The minimum absolute atomic E-state index is 0.0114. The Morgan fingerprint density at radius 2 is 2.28 bits per heavy atom. The molecule has 0 bridgehead atoms. The molecule has 2 fully saturated rings. The van der Waals surface area contributed by atoms with Crippen molar-refractivity contribution in [2.24, 2.45) is 11.8 Å². The molecule has 4 heteroatoms. The summed E-state index contributed by atoms with van der Waals surface area (Å²) in [5.74, 6) is -1.02. The summed E-state index contributed by atoms with van der Waals surface area (Å²) < 4.78 is 4.87. The molecule has 2 N–H and O–H groups in total. The van der Waals surface area contributed by atoms with Crippen molar-refractivity contribution in [1.29, 1.82) is 0 Å². The van der Waals surface area contributed by atoms with Crippen molar-refractivity contribution in [3.63, 3.8) is 0 Å². The number of cyclic esters (lactones) is 1. The Morgan fingerprint density at radius 1 is 1.50 bits per heavy atom. The smallest absolute Gasteiger partial charge is 0.341 e. The standard InChI is InChI=1S/C14H20O4/c1-2-3-4-5-6-7-10-8-12(15)14(17)11(10)9-18-13(14)16/h4-7,10-12,15,17H,2-3,8-9H2,1H3/b5-4+,7-6+/t10-,11+,12+,14+/m0/s1. The maximum Gasteiger partial charge on any atom is 0.341 e. The van der Waals surface area contributed by atoms with Gasteiger partial charge >= 0.3 is 5.97 Å². The van der Waals surface area contributed by atoms with E-state index in [2.05, 4.69) is 13.0 Å². The first-order chi connectivity index (χ1) is 8.60. The van der Waals surface area contributed by atoms with Gasteiger partial charge in [0.2, 0.25) is 0 Å². The number of hydrogen-bond donors (Lipinski definition) is 2. The van der Waals surface area contributed by atoms with E-state index in [9.17, 15) is 15.0 Å². The zero-order valence-electron chi connectivity index (χ0n) is 10.6. The lowest BCUT2D eigenvalue weighted by atomic mass is 9.88. The first-order valence-corrected chi connectivity index (χ1v) is 6.51. The predicted octanol–water partition coefficient (Wildman–Crippen LogP) is 1.18. The summed E-state index contributed by atoms with van der Waals surface area (Å²) in [6.45, 7) is 2.31. The van der Waals surface area contributed by atoms with Crippen LogP contribution < -0.4 is 0 Å². The molecule has 4 nitrogen and oxygen atoms in total. The molecule has 1 heterocycles. The van der Waals surface area contributed by atoms with Crippen LogP contribution in [0.4, 0.5) is 0 Å². The number of allylic oxidation sites excluding steroid dienone is 4. The van der Waals surface area contributed by atoms with Crippen molar-refractivity contribution < 1.29 is 19.7 Å². The normalized spacial score (nSPS) is 39.7. The van der Waals surface area contributed by atoms with Crippen LogP contribution in [0.25, 0.3) is 0 Å². The van der Waals surface area contributed by atoms with Gasteiger partial charge < -0.3 is 14.9 Å². The summed E-state index contributed by atoms with van der Waals surface area (Å²) in [5, 5.41) is 20.0. The molecule has 0 spiro atoms. The Kier molecular flexibility index (Phi) is 3.88. The lowest BCUT2D eigenvalue weighted by Gasteiger charge is -2.21. The molecule has 2 rings (SSSR count). The van der Waals surface area contributed by atoms with E-state index in [-0.39, 0.29) is 18.4 Å². The van der Waals surface area contributed by atoms with Crippen LogP contribution in [0, 0.1) is 11.8 Å². The second kappa shape index (κ2) is 5.24. The number of fused-ring (bicyclic) bond motifs is 1. The van der Waals surface area contributed by atoms with Crippen molar-refractivity contribution >= 4 is 5.97 Å². The van der Waals surface area contributed by atoms with E-state index in [0.29, 0.717) is 6.42 Å². The molecule has 0 radical (unpaired) electrons. The quantitative estimate of drug-likeness (QED) is 0.582. The maximum absolute atomic E-state index is 11.5. The Hall–Kier alpha value is -1.13. The lowest BCUT2D eigenvalue weighted by Crippen LogP contribution is -2.46. The molecule has 1 saturated heterocycles. The largest absolute Gasteiger partial charge is 0.463 e. The molecule has 1 aliphatic heterocycles.